The zero-order chi connectivity index (χ0) is 22.1. The predicted octanol–water partition coefficient (Wildman–Crippen LogP) is 4.47. The summed E-state index contributed by atoms with van der Waals surface area (Å²) in [6.45, 7) is 3.58. The first-order chi connectivity index (χ1) is 14.2. The van der Waals surface area contributed by atoms with E-state index >= 15 is 0 Å². The molecule has 0 saturated carbocycles. The molecule has 0 fully saturated rings. The number of rotatable bonds is 4. The van der Waals surface area contributed by atoms with Crippen molar-refractivity contribution in [3.8, 4) is 11.8 Å². The Kier molecular flexibility index (Phi) is 5.52. The van der Waals surface area contributed by atoms with Crippen molar-refractivity contribution in [2.24, 2.45) is 0 Å². The number of nitriles is 1. The maximum Gasteiger partial charge on any atom is 0.416 e. The number of nitrogens with zero attached hydrogens (tertiary/aromatic N) is 3. The molecule has 0 atom stereocenters. The molecule has 154 valence electrons. The Morgan fingerprint density at radius 1 is 1.27 bits per heavy atom. The number of nitrogens with two attached hydrogens (primary N) is 1. The highest BCUT2D eigenvalue weighted by Crippen LogP contribution is 2.32. The fourth-order valence-electron chi connectivity index (χ4n) is 3.13. The molecule has 0 radical (unpaired) electrons. The number of carbonyl (C=O) groups excluding carboxylic acids is 1. The van der Waals surface area contributed by atoms with E-state index in [0.717, 1.165) is 29.8 Å². The fourth-order valence-corrected chi connectivity index (χ4v) is 3.13. The van der Waals surface area contributed by atoms with Crippen molar-refractivity contribution in [3.05, 3.63) is 70.4 Å². The lowest BCUT2D eigenvalue weighted by molar-refractivity contribution is -0.137. The Balaban J connectivity index is 1.98. The molecule has 2 aromatic carbocycles. The summed E-state index contributed by atoms with van der Waals surface area (Å²) < 4.78 is 40.1. The van der Waals surface area contributed by atoms with Crippen LogP contribution in [0, 0.1) is 18.3 Å². The molecule has 0 spiro atoms. The summed E-state index contributed by atoms with van der Waals surface area (Å²) in [7, 11) is 0. The number of hydrogen-bond donors (Lipinski definition) is 2. The third-order valence-corrected chi connectivity index (χ3v) is 4.64. The van der Waals surface area contributed by atoms with Gasteiger partial charge in [0.15, 0.2) is 0 Å². The molecule has 3 N–H and O–H groups in total. The van der Waals surface area contributed by atoms with Gasteiger partial charge >= 0.3 is 6.18 Å². The number of alkyl halides is 3. The number of hydrogen-bond acceptors (Lipinski definition) is 4. The van der Waals surface area contributed by atoms with Gasteiger partial charge in [0.2, 0.25) is 0 Å². The fraction of sp³-hybridized carbons (Fsp3) is 0.190. The lowest BCUT2D eigenvalue weighted by Gasteiger charge is -2.12. The predicted molar refractivity (Wildman–Crippen MR) is 106 cm³/mol. The molecule has 1 heterocycles. The van der Waals surface area contributed by atoms with Gasteiger partial charge < -0.3 is 11.1 Å². The van der Waals surface area contributed by atoms with Crippen LogP contribution in [0.5, 0.6) is 0 Å². The van der Waals surface area contributed by atoms with Crippen molar-refractivity contribution in [2.45, 2.75) is 26.4 Å². The van der Waals surface area contributed by atoms with E-state index in [4.69, 9.17) is 5.73 Å². The molecule has 0 aliphatic rings. The number of carbonyl (C=O) groups is 1. The molecule has 1 aromatic heterocycles. The Morgan fingerprint density at radius 3 is 2.60 bits per heavy atom. The highest BCUT2D eigenvalue weighted by molar-refractivity contribution is 6.08. The van der Waals surface area contributed by atoms with E-state index < -0.39 is 17.6 Å². The van der Waals surface area contributed by atoms with E-state index in [2.05, 4.69) is 10.4 Å². The summed E-state index contributed by atoms with van der Waals surface area (Å²) in [5.41, 5.74) is 7.01. The third kappa shape index (κ3) is 3.85. The van der Waals surface area contributed by atoms with Crippen LogP contribution in [0.4, 0.5) is 24.7 Å². The number of aromatic nitrogens is 2. The Bertz CT molecular complexity index is 1160. The second-order valence-corrected chi connectivity index (χ2v) is 6.56. The van der Waals surface area contributed by atoms with E-state index in [0.29, 0.717) is 11.8 Å². The largest absolute Gasteiger partial charge is 0.416 e. The molecular weight excluding hydrogens is 395 g/mol. The minimum Gasteiger partial charge on any atom is -0.383 e. The van der Waals surface area contributed by atoms with Gasteiger partial charge in [-0.05, 0) is 43.2 Å². The summed E-state index contributed by atoms with van der Waals surface area (Å²) in [5, 5.41) is 16.0. The van der Waals surface area contributed by atoms with Gasteiger partial charge in [-0.15, -0.1) is 0 Å². The van der Waals surface area contributed by atoms with Gasteiger partial charge in [-0.25, -0.2) is 4.68 Å². The smallest absolute Gasteiger partial charge is 0.383 e. The lowest BCUT2D eigenvalue weighted by Crippen LogP contribution is -2.16. The van der Waals surface area contributed by atoms with Crippen molar-refractivity contribution < 1.29 is 18.0 Å². The second-order valence-electron chi connectivity index (χ2n) is 6.56. The number of halogens is 3. The molecule has 3 aromatic rings. The summed E-state index contributed by atoms with van der Waals surface area (Å²) in [4.78, 5) is 12.8. The number of para-hydroxylation sites is 1. The molecule has 0 aliphatic carbocycles. The highest BCUT2D eigenvalue weighted by Gasteiger charge is 2.31. The van der Waals surface area contributed by atoms with Gasteiger partial charge in [-0.3, -0.25) is 4.79 Å². The molecule has 6 nitrogen and oxygen atoms in total. The first kappa shape index (κ1) is 20.9. The van der Waals surface area contributed by atoms with Crippen LogP contribution in [0.2, 0.25) is 0 Å². The summed E-state index contributed by atoms with van der Waals surface area (Å²) in [5.74, 6) is -0.571. The van der Waals surface area contributed by atoms with Crippen LogP contribution in [-0.2, 0) is 12.6 Å². The van der Waals surface area contributed by atoms with Gasteiger partial charge in [0, 0.05) is 0 Å². The summed E-state index contributed by atoms with van der Waals surface area (Å²) in [6.07, 6.45) is -3.86. The molecule has 3 rings (SSSR count). The number of amides is 1. The molecule has 1 amide bonds. The zero-order valence-electron chi connectivity index (χ0n) is 16.2. The maximum absolute atomic E-state index is 12.9. The van der Waals surface area contributed by atoms with Gasteiger partial charge in [0.25, 0.3) is 5.91 Å². The molecule has 0 bridgehead atoms. The second kappa shape index (κ2) is 7.91. The van der Waals surface area contributed by atoms with Crippen molar-refractivity contribution in [1.29, 1.82) is 5.26 Å². The summed E-state index contributed by atoms with van der Waals surface area (Å²) >= 11 is 0. The Labute approximate surface area is 170 Å². The number of benzene rings is 2. The maximum atomic E-state index is 12.9. The molecule has 0 aliphatic heterocycles. The first-order valence-electron chi connectivity index (χ1n) is 9.03. The van der Waals surface area contributed by atoms with Crippen LogP contribution < -0.4 is 11.1 Å². The zero-order valence-corrected chi connectivity index (χ0v) is 16.2. The van der Waals surface area contributed by atoms with Gasteiger partial charge in [-0.1, -0.05) is 25.1 Å². The number of anilines is 2. The van der Waals surface area contributed by atoms with Crippen LogP contribution in [-0.4, -0.2) is 15.7 Å². The van der Waals surface area contributed by atoms with Crippen molar-refractivity contribution in [1.82, 2.24) is 9.78 Å². The molecule has 0 unspecified atom stereocenters. The lowest BCUT2D eigenvalue weighted by atomic mass is 10.1. The van der Waals surface area contributed by atoms with E-state index in [1.807, 2.05) is 31.2 Å². The molecule has 30 heavy (non-hydrogen) atoms. The summed E-state index contributed by atoms with van der Waals surface area (Å²) in [6, 6.07) is 11.7. The molecule has 0 saturated heterocycles. The monoisotopic (exact) mass is 413 g/mol. The standard InChI is InChI=1S/C21H18F3N5O/c1-3-13-6-4-5-7-17(13)29-19(26)18(12(2)28-29)20(30)27-16-9-8-15(21(22,23)24)10-14(16)11-25/h4-10H,3,26H2,1-2H3,(H,27,30). The Morgan fingerprint density at radius 2 is 1.97 bits per heavy atom. The normalized spacial score (nSPS) is 11.2. The minimum absolute atomic E-state index is 0.0454. The Hall–Kier alpha value is -3.80. The average Bonchev–Trinajstić information content (AvgIpc) is 3.01. The topological polar surface area (TPSA) is 96.7 Å². The van der Waals surface area contributed by atoms with Crippen LogP contribution in [0.25, 0.3) is 5.69 Å². The van der Waals surface area contributed by atoms with Crippen LogP contribution in [0.1, 0.15) is 39.7 Å². The first-order valence-corrected chi connectivity index (χ1v) is 9.03. The molecule has 9 heteroatoms. The van der Waals surface area contributed by atoms with Gasteiger partial charge in [0.05, 0.1) is 28.2 Å². The van der Waals surface area contributed by atoms with Gasteiger partial charge in [-0.2, -0.15) is 23.5 Å². The van der Waals surface area contributed by atoms with Crippen molar-refractivity contribution in [3.63, 3.8) is 0 Å². The minimum atomic E-state index is -4.59. The number of nitrogens with one attached hydrogen (secondary N) is 1. The van der Waals surface area contributed by atoms with Crippen LogP contribution in [0.15, 0.2) is 42.5 Å². The number of aryl methyl sites for hydroxylation is 2. The van der Waals surface area contributed by atoms with E-state index in [1.54, 1.807) is 13.0 Å². The quantitative estimate of drug-likeness (QED) is 0.660. The average molecular weight is 413 g/mol. The van der Waals surface area contributed by atoms with E-state index in [9.17, 15) is 23.2 Å². The van der Waals surface area contributed by atoms with Crippen molar-refractivity contribution >= 4 is 17.4 Å². The molecular formula is C21H18F3N5O. The third-order valence-electron chi connectivity index (χ3n) is 4.64. The van der Waals surface area contributed by atoms with Gasteiger partial charge in [0.1, 0.15) is 17.5 Å². The van der Waals surface area contributed by atoms with E-state index in [-0.39, 0.29) is 22.6 Å². The number of nitrogen functional groups attached to an aromatic ring is 1. The van der Waals surface area contributed by atoms with Crippen LogP contribution in [0.3, 0.4) is 0 Å². The van der Waals surface area contributed by atoms with Crippen molar-refractivity contribution in [2.75, 3.05) is 11.1 Å². The highest BCUT2D eigenvalue weighted by atomic mass is 19.4. The SMILES string of the molecule is CCc1ccccc1-n1nc(C)c(C(=O)Nc2ccc(C(F)(F)F)cc2C#N)c1N. The van der Waals surface area contributed by atoms with E-state index in [1.165, 1.54) is 4.68 Å². The van der Waals surface area contributed by atoms with Crippen LogP contribution >= 0.6 is 0 Å².